The van der Waals surface area contributed by atoms with E-state index in [9.17, 15) is 13.2 Å². The summed E-state index contributed by atoms with van der Waals surface area (Å²) in [7, 11) is -3.69. The summed E-state index contributed by atoms with van der Waals surface area (Å²) >= 11 is 0. The first-order chi connectivity index (χ1) is 9.95. The van der Waals surface area contributed by atoms with Gasteiger partial charge in [-0.05, 0) is 37.1 Å². The van der Waals surface area contributed by atoms with Gasteiger partial charge in [-0.25, -0.2) is 8.42 Å². The molecule has 1 atom stereocenters. The van der Waals surface area contributed by atoms with Gasteiger partial charge < -0.3 is 5.32 Å². The molecular weight excluding hydrogens is 286 g/mol. The summed E-state index contributed by atoms with van der Waals surface area (Å²) in [4.78, 5) is 11.0. The molecule has 0 bridgehead atoms. The first-order valence-electron chi connectivity index (χ1n) is 6.52. The molecule has 0 aliphatic heterocycles. The minimum atomic E-state index is -3.69. The average Bonchev–Trinajstić information content (AvgIpc) is 2.46. The number of aryl methyl sites for hydroxylation is 2. The smallest absolute Gasteiger partial charge is 0.208 e. The zero-order valence-corrected chi connectivity index (χ0v) is 12.7. The number of benzene rings is 2. The van der Waals surface area contributed by atoms with Crippen molar-refractivity contribution < 1.29 is 13.2 Å². The molecule has 1 unspecified atom stereocenters. The summed E-state index contributed by atoms with van der Waals surface area (Å²) in [6.45, 7) is 3.74. The van der Waals surface area contributed by atoms with E-state index >= 15 is 0 Å². The number of hydrogen-bond donors (Lipinski definition) is 1. The maximum atomic E-state index is 12.7. The molecule has 0 spiro atoms. The molecule has 0 aliphatic rings. The molecule has 21 heavy (non-hydrogen) atoms. The first-order valence-corrected chi connectivity index (χ1v) is 8.06. The summed E-state index contributed by atoms with van der Waals surface area (Å²) in [5, 5.41) is 1.32. The van der Waals surface area contributed by atoms with Crippen LogP contribution < -0.4 is 5.32 Å². The normalized spacial score (nSPS) is 12.7. The molecule has 2 aromatic carbocycles. The zero-order chi connectivity index (χ0) is 15.5. The molecule has 1 amide bonds. The Morgan fingerprint density at radius 2 is 1.67 bits per heavy atom. The van der Waals surface area contributed by atoms with E-state index in [4.69, 9.17) is 0 Å². The van der Waals surface area contributed by atoms with E-state index in [0.717, 1.165) is 11.1 Å². The van der Waals surface area contributed by atoms with Gasteiger partial charge in [-0.2, -0.15) is 0 Å². The van der Waals surface area contributed by atoms with Gasteiger partial charge in [0.1, 0.15) is 0 Å². The lowest BCUT2D eigenvalue weighted by Crippen LogP contribution is -2.28. The van der Waals surface area contributed by atoms with Crippen molar-refractivity contribution in [3.8, 4) is 0 Å². The maximum absolute atomic E-state index is 12.7. The van der Waals surface area contributed by atoms with Crippen molar-refractivity contribution in [2.24, 2.45) is 0 Å². The summed E-state index contributed by atoms with van der Waals surface area (Å²) in [6.07, 6.45) is 0.415. The lowest BCUT2D eigenvalue weighted by atomic mass is 10.1. The van der Waals surface area contributed by atoms with Crippen LogP contribution >= 0.6 is 0 Å². The topological polar surface area (TPSA) is 63.2 Å². The molecular formula is C16H17NO3S. The molecule has 2 rings (SSSR count). The highest BCUT2D eigenvalue weighted by molar-refractivity contribution is 7.91. The summed E-state index contributed by atoms with van der Waals surface area (Å²) in [5.74, 6) is 0. The van der Waals surface area contributed by atoms with Gasteiger partial charge in [0, 0.05) is 0 Å². The van der Waals surface area contributed by atoms with Crippen molar-refractivity contribution in [2.45, 2.75) is 24.1 Å². The van der Waals surface area contributed by atoms with Gasteiger partial charge in [-0.15, -0.1) is 0 Å². The fraction of sp³-hybridized carbons (Fsp3) is 0.188. The van der Waals surface area contributed by atoms with Crippen molar-refractivity contribution in [3.05, 3.63) is 65.2 Å². The molecule has 0 aromatic heterocycles. The van der Waals surface area contributed by atoms with E-state index in [1.807, 2.05) is 32.0 Å². The number of nitrogens with one attached hydrogen (secondary N) is 1. The summed E-state index contributed by atoms with van der Waals surface area (Å²) < 4.78 is 25.5. The lowest BCUT2D eigenvalue weighted by molar-refractivity contribution is -0.109. The Labute approximate surface area is 124 Å². The number of amides is 1. The molecule has 5 heteroatoms. The minimum absolute atomic E-state index is 0.197. The van der Waals surface area contributed by atoms with Crippen LogP contribution in [0, 0.1) is 13.8 Å². The molecule has 0 radical (unpaired) electrons. The SMILES string of the molecule is Cc1ccc(C(NC=O)S(=O)(=O)c2cccc(C)c2)cc1. The van der Waals surface area contributed by atoms with Gasteiger partial charge in [-0.1, -0.05) is 42.0 Å². The van der Waals surface area contributed by atoms with Crippen molar-refractivity contribution in [2.75, 3.05) is 0 Å². The number of carbonyl (C=O) groups is 1. The van der Waals surface area contributed by atoms with Crippen molar-refractivity contribution in [3.63, 3.8) is 0 Å². The Morgan fingerprint density at radius 3 is 2.24 bits per heavy atom. The minimum Gasteiger partial charge on any atom is -0.338 e. The molecule has 4 nitrogen and oxygen atoms in total. The fourth-order valence-corrected chi connectivity index (χ4v) is 3.74. The number of rotatable bonds is 5. The number of hydrogen-bond acceptors (Lipinski definition) is 3. The van der Waals surface area contributed by atoms with Crippen LogP contribution in [-0.4, -0.2) is 14.8 Å². The standard InChI is InChI=1S/C16H17NO3S/c1-12-6-8-14(9-7-12)16(17-11-18)21(19,20)15-5-3-4-13(2)10-15/h3-11,16H,1-2H3,(H,17,18). The van der Waals surface area contributed by atoms with Crippen LogP contribution in [0.1, 0.15) is 22.1 Å². The van der Waals surface area contributed by atoms with Crippen molar-refractivity contribution >= 4 is 16.2 Å². The largest absolute Gasteiger partial charge is 0.338 e. The van der Waals surface area contributed by atoms with E-state index in [2.05, 4.69) is 5.32 Å². The predicted octanol–water partition coefficient (Wildman–Crippen LogP) is 2.52. The van der Waals surface area contributed by atoms with Crippen LogP contribution in [0.4, 0.5) is 0 Å². The first kappa shape index (κ1) is 15.3. The third-order valence-electron chi connectivity index (χ3n) is 3.23. The van der Waals surface area contributed by atoms with Gasteiger partial charge in [0.25, 0.3) is 0 Å². The Hall–Kier alpha value is -2.14. The molecule has 0 aliphatic carbocycles. The van der Waals surface area contributed by atoms with Crippen LogP contribution in [0.5, 0.6) is 0 Å². The van der Waals surface area contributed by atoms with Crippen LogP contribution in [-0.2, 0) is 14.6 Å². The molecule has 1 N–H and O–H groups in total. The van der Waals surface area contributed by atoms with E-state index in [-0.39, 0.29) is 4.90 Å². The second kappa shape index (κ2) is 6.10. The van der Waals surface area contributed by atoms with Crippen LogP contribution in [0.3, 0.4) is 0 Å². The average molecular weight is 303 g/mol. The molecule has 110 valence electrons. The lowest BCUT2D eigenvalue weighted by Gasteiger charge is -2.18. The van der Waals surface area contributed by atoms with Gasteiger partial charge >= 0.3 is 0 Å². The van der Waals surface area contributed by atoms with Crippen molar-refractivity contribution in [1.29, 1.82) is 0 Å². The monoisotopic (exact) mass is 303 g/mol. The molecule has 0 fully saturated rings. The maximum Gasteiger partial charge on any atom is 0.208 e. The molecule has 0 saturated heterocycles. The van der Waals surface area contributed by atoms with Gasteiger partial charge in [0.2, 0.25) is 16.2 Å². The number of carbonyl (C=O) groups excluding carboxylic acids is 1. The third kappa shape index (κ3) is 3.31. The molecule has 2 aromatic rings. The highest BCUT2D eigenvalue weighted by Crippen LogP contribution is 2.27. The van der Waals surface area contributed by atoms with Gasteiger partial charge in [0.05, 0.1) is 4.90 Å². The fourth-order valence-electron chi connectivity index (χ4n) is 2.10. The van der Waals surface area contributed by atoms with Crippen molar-refractivity contribution in [1.82, 2.24) is 5.32 Å². The van der Waals surface area contributed by atoms with E-state index in [1.54, 1.807) is 24.3 Å². The second-order valence-corrected chi connectivity index (χ2v) is 6.97. The highest BCUT2D eigenvalue weighted by atomic mass is 32.2. The Kier molecular flexibility index (Phi) is 4.43. The van der Waals surface area contributed by atoms with Gasteiger partial charge in [-0.3, -0.25) is 4.79 Å². The Balaban J connectivity index is 2.50. The summed E-state index contributed by atoms with van der Waals surface area (Å²) in [6, 6.07) is 13.7. The Morgan fingerprint density at radius 1 is 1.00 bits per heavy atom. The summed E-state index contributed by atoms with van der Waals surface area (Å²) in [5.41, 5.74) is 2.41. The van der Waals surface area contributed by atoms with E-state index < -0.39 is 15.2 Å². The van der Waals surface area contributed by atoms with Gasteiger partial charge in [0.15, 0.2) is 5.37 Å². The molecule has 0 heterocycles. The van der Waals surface area contributed by atoms with Crippen LogP contribution in [0.2, 0.25) is 0 Å². The second-order valence-electron chi connectivity index (χ2n) is 4.94. The van der Waals surface area contributed by atoms with Crippen LogP contribution in [0.25, 0.3) is 0 Å². The third-order valence-corrected chi connectivity index (χ3v) is 5.17. The van der Waals surface area contributed by atoms with Crippen LogP contribution in [0.15, 0.2) is 53.4 Å². The Bertz CT molecular complexity index is 736. The quantitative estimate of drug-likeness (QED) is 0.863. The highest BCUT2D eigenvalue weighted by Gasteiger charge is 2.28. The zero-order valence-electron chi connectivity index (χ0n) is 11.9. The van der Waals surface area contributed by atoms with E-state index in [1.165, 1.54) is 6.07 Å². The van der Waals surface area contributed by atoms with E-state index in [0.29, 0.717) is 12.0 Å². The number of sulfone groups is 1. The molecule has 0 saturated carbocycles. The predicted molar refractivity (Wildman–Crippen MR) is 81.5 cm³/mol.